The van der Waals surface area contributed by atoms with E-state index in [2.05, 4.69) is 41.5 Å². The number of unbranched alkanes of at least 4 members (excludes halogenated alkanes) is 52. The normalized spacial score (nSPS) is 13.9. The molecule has 19 heteroatoms. The van der Waals surface area contributed by atoms with E-state index in [4.69, 9.17) is 37.0 Å². The molecule has 0 aliphatic carbocycles. The molecule has 0 aromatic rings. The molecular weight excluding hydrogens is 1330 g/mol. The Morgan fingerprint density at radius 1 is 0.265 bits per heavy atom. The zero-order chi connectivity index (χ0) is 74.9. The molecule has 3 N–H and O–H groups in total. The number of carbonyl (C=O) groups is 4. The molecule has 0 aromatic heterocycles. The van der Waals surface area contributed by atoms with Gasteiger partial charge in [0.1, 0.15) is 19.3 Å². The monoisotopic (exact) mass is 1490 g/mol. The van der Waals surface area contributed by atoms with Gasteiger partial charge in [0.15, 0.2) is 12.2 Å². The minimum absolute atomic E-state index is 0.107. The highest BCUT2D eigenvalue weighted by atomic mass is 31.2. The lowest BCUT2D eigenvalue weighted by atomic mass is 10.0. The predicted molar refractivity (Wildman–Crippen MR) is 418 cm³/mol. The Balaban J connectivity index is 5.23. The lowest BCUT2D eigenvalue weighted by molar-refractivity contribution is -0.161. The van der Waals surface area contributed by atoms with E-state index in [1.54, 1.807) is 0 Å². The Morgan fingerprint density at radius 3 is 0.667 bits per heavy atom. The van der Waals surface area contributed by atoms with Crippen LogP contribution in [0.3, 0.4) is 0 Å². The van der Waals surface area contributed by atoms with Crippen molar-refractivity contribution in [2.45, 2.75) is 458 Å². The summed E-state index contributed by atoms with van der Waals surface area (Å²) in [5, 5.41) is 10.7. The standard InChI is InChI=1S/C83H162O17P2/c1-7-9-11-13-15-17-19-20-21-22-23-24-25-26-27-30-37-43-49-55-61-67-82(87)99-79(72-94-81(86)66-60-54-48-42-36-31-28-29-34-39-45-51-57-63-75(3)4)74-98-102(91,92)96-70-77(84)69-95-101(89,90)97-73-78(71-93-80(85)65-59-53-47-41-33-18-16-14-12-10-8-2)100-83(88)68-62-56-50-44-38-32-35-40-46-52-58-64-76(5)6/h75-79,84H,7-74H2,1-6H3,(H,89,90)(H,91,92)/t77-,78+,79+/m0/s1. The fraction of sp³-hybridized carbons (Fsp3) is 0.952. The highest BCUT2D eigenvalue weighted by Gasteiger charge is 2.30. The number of phosphoric acid groups is 2. The van der Waals surface area contributed by atoms with Crippen LogP contribution in [0.1, 0.15) is 440 Å². The first-order valence-electron chi connectivity index (χ1n) is 43.0. The summed E-state index contributed by atoms with van der Waals surface area (Å²) < 4.78 is 68.8. The lowest BCUT2D eigenvalue weighted by Gasteiger charge is -2.21. The molecule has 0 aliphatic rings. The second kappa shape index (κ2) is 74.5. The van der Waals surface area contributed by atoms with Gasteiger partial charge in [-0.05, 0) is 37.5 Å². The molecule has 606 valence electrons. The van der Waals surface area contributed by atoms with Crippen molar-refractivity contribution in [1.82, 2.24) is 0 Å². The zero-order valence-electron chi connectivity index (χ0n) is 66.9. The summed E-state index contributed by atoms with van der Waals surface area (Å²) in [7, 11) is -9.92. The second-order valence-corrected chi connectivity index (χ2v) is 33.7. The van der Waals surface area contributed by atoms with E-state index in [-0.39, 0.29) is 25.7 Å². The second-order valence-electron chi connectivity index (χ2n) is 30.8. The van der Waals surface area contributed by atoms with E-state index in [1.807, 2.05) is 0 Å². The molecule has 0 amide bonds. The van der Waals surface area contributed by atoms with Crippen molar-refractivity contribution in [3.8, 4) is 0 Å². The van der Waals surface area contributed by atoms with Gasteiger partial charge < -0.3 is 33.8 Å². The fourth-order valence-electron chi connectivity index (χ4n) is 12.9. The van der Waals surface area contributed by atoms with Crippen molar-refractivity contribution in [2.24, 2.45) is 11.8 Å². The first kappa shape index (κ1) is 100. The summed E-state index contributed by atoms with van der Waals surface area (Å²) >= 11 is 0. The minimum atomic E-state index is -4.96. The minimum Gasteiger partial charge on any atom is -0.462 e. The number of aliphatic hydroxyl groups is 1. The van der Waals surface area contributed by atoms with Crippen molar-refractivity contribution >= 4 is 39.5 Å². The van der Waals surface area contributed by atoms with Crippen LogP contribution in [0.15, 0.2) is 0 Å². The smallest absolute Gasteiger partial charge is 0.462 e. The number of esters is 4. The van der Waals surface area contributed by atoms with Crippen LogP contribution in [0.2, 0.25) is 0 Å². The Labute approximate surface area is 626 Å². The molecule has 102 heavy (non-hydrogen) atoms. The number of ether oxygens (including phenoxy) is 4. The van der Waals surface area contributed by atoms with Crippen LogP contribution >= 0.6 is 15.6 Å². The maximum absolute atomic E-state index is 13.1. The molecule has 0 rings (SSSR count). The van der Waals surface area contributed by atoms with Gasteiger partial charge in [0.05, 0.1) is 26.4 Å². The third-order valence-corrected chi connectivity index (χ3v) is 21.4. The van der Waals surface area contributed by atoms with E-state index < -0.39 is 97.5 Å². The third kappa shape index (κ3) is 76.3. The number of aliphatic hydroxyl groups excluding tert-OH is 1. The van der Waals surface area contributed by atoms with Crippen molar-refractivity contribution in [1.29, 1.82) is 0 Å². The summed E-state index contributed by atoms with van der Waals surface area (Å²) in [6.45, 7) is 9.66. The molecule has 0 saturated heterocycles. The molecule has 17 nitrogen and oxygen atoms in total. The van der Waals surface area contributed by atoms with Gasteiger partial charge in [0, 0.05) is 25.7 Å². The van der Waals surface area contributed by atoms with Gasteiger partial charge >= 0.3 is 39.5 Å². The molecule has 0 aromatic carbocycles. The first-order valence-corrected chi connectivity index (χ1v) is 46.0. The predicted octanol–water partition coefficient (Wildman–Crippen LogP) is 25.1. The quantitative estimate of drug-likeness (QED) is 0.0222. The number of rotatable bonds is 82. The van der Waals surface area contributed by atoms with Crippen LogP contribution in [0.4, 0.5) is 0 Å². The molecule has 0 bridgehead atoms. The molecule has 5 atom stereocenters. The number of carbonyl (C=O) groups excluding carboxylic acids is 4. The van der Waals surface area contributed by atoms with E-state index in [0.29, 0.717) is 25.7 Å². The van der Waals surface area contributed by atoms with Gasteiger partial charge in [-0.1, -0.05) is 388 Å². The molecule has 0 fully saturated rings. The SMILES string of the molecule is CCCCCCCCCCCCCCCCCCCCCCCC(=O)O[C@H](COC(=O)CCCCCCCCCCCCCCCC(C)C)COP(=O)(O)OC[C@@H](O)COP(=O)(O)OC[C@@H](COC(=O)CCCCCCCCCCCCC)OC(=O)CCCCCCCCCCCCCC(C)C. The number of hydrogen-bond acceptors (Lipinski definition) is 15. The summed E-state index contributed by atoms with van der Waals surface area (Å²) in [5.74, 6) is -0.549. The third-order valence-electron chi connectivity index (χ3n) is 19.5. The van der Waals surface area contributed by atoms with Gasteiger partial charge in [-0.3, -0.25) is 37.3 Å². The molecule has 2 unspecified atom stereocenters. The molecule has 0 spiro atoms. The summed E-state index contributed by atoms with van der Waals surface area (Å²) in [6, 6.07) is 0. The highest BCUT2D eigenvalue weighted by molar-refractivity contribution is 7.47. The first-order chi connectivity index (χ1) is 49.4. The highest BCUT2D eigenvalue weighted by Crippen LogP contribution is 2.45. The summed E-state index contributed by atoms with van der Waals surface area (Å²) in [6.07, 6.45) is 65.2. The Hall–Kier alpha value is -1.94. The summed E-state index contributed by atoms with van der Waals surface area (Å²) in [4.78, 5) is 73.1. The molecule has 0 heterocycles. The van der Waals surface area contributed by atoms with Crippen LogP contribution in [0.25, 0.3) is 0 Å². The van der Waals surface area contributed by atoms with Crippen LogP contribution in [-0.4, -0.2) is 96.7 Å². The van der Waals surface area contributed by atoms with Crippen LogP contribution in [-0.2, 0) is 65.4 Å². The zero-order valence-corrected chi connectivity index (χ0v) is 68.7. The van der Waals surface area contributed by atoms with Crippen LogP contribution < -0.4 is 0 Å². The van der Waals surface area contributed by atoms with Gasteiger partial charge in [0.25, 0.3) is 0 Å². The van der Waals surface area contributed by atoms with Gasteiger partial charge in [0.2, 0.25) is 0 Å². The van der Waals surface area contributed by atoms with Crippen molar-refractivity contribution < 1.29 is 80.2 Å². The van der Waals surface area contributed by atoms with Crippen LogP contribution in [0.5, 0.6) is 0 Å². The maximum atomic E-state index is 13.1. The van der Waals surface area contributed by atoms with Crippen molar-refractivity contribution in [3.63, 3.8) is 0 Å². The lowest BCUT2D eigenvalue weighted by Crippen LogP contribution is -2.30. The Kier molecular flexibility index (Phi) is 73.1. The fourth-order valence-corrected chi connectivity index (χ4v) is 14.5. The van der Waals surface area contributed by atoms with Gasteiger partial charge in [-0.2, -0.15) is 0 Å². The molecular formula is C83H162O17P2. The van der Waals surface area contributed by atoms with Crippen molar-refractivity contribution in [3.05, 3.63) is 0 Å². The van der Waals surface area contributed by atoms with E-state index in [9.17, 15) is 43.2 Å². The Morgan fingerprint density at radius 2 is 0.451 bits per heavy atom. The average Bonchev–Trinajstić information content (AvgIpc) is 0.914. The van der Waals surface area contributed by atoms with Gasteiger partial charge in [-0.15, -0.1) is 0 Å². The maximum Gasteiger partial charge on any atom is 0.472 e. The summed E-state index contributed by atoms with van der Waals surface area (Å²) in [5.41, 5.74) is 0. The van der Waals surface area contributed by atoms with Crippen LogP contribution in [0, 0.1) is 11.8 Å². The number of phosphoric ester groups is 2. The number of hydrogen-bond donors (Lipinski definition) is 3. The van der Waals surface area contributed by atoms with E-state index in [0.717, 1.165) is 102 Å². The largest absolute Gasteiger partial charge is 0.472 e. The average molecular weight is 1490 g/mol. The molecule has 0 aliphatic heterocycles. The Bertz CT molecular complexity index is 1960. The van der Waals surface area contributed by atoms with E-state index >= 15 is 0 Å². The topological polar surface area (TPSA) is 237 Å². The van der Waals surface area contributed by atoms with E-state index in [1.165, 1.54) is 257 Å². The van der Waals surface area contributed by atoms with Crippen molar-refractivity contribution in [2.75, 3.05) is 39.6 Å². The molecule has 0 saturated carbocycles. The van der Waals surface area contributed by atoms with Gasteiger partial charge in [-0.25, -0.2) is 9.13 Å². The molecule has 0 radical (unpaired) electrons.